The minimum absolute atomic E-state index is 0.0676. The third-order valence-corrected chi connectivity index (χ3v) is 4.85. The number of hydrogen-bond donors (Lipinski definition) is 0. The molecule has 2 aromatic rings. The highest BCUT2D eigenvalue weighted by atomic mass is 79.9. The van der Waals surface area contributed by atoms with E-state index in [1.807, 2.05) is 0 Å². The van der Waals surface area contributed by atoms with Crippen LogP contribution < -0.4 is 0 Å². The lowest BCUT2D eigenvalue weighted by Gasteiger charge is -2.19. The fourth-order valence-electron chi connectivity index (χ4n) is 3.07. The maximum atomic E-state index is 12.8. The second-order valence-corrected chi connectivity index (χ2v) is 6.65. The Morgan fingerprint density at radius 2 is 1.46 bits per heavy atom. The van der Waals surface area contributed by atoms with Crippen molar-refractivity contribution in [3.63, 3.8) is 0 Å². The fraction of sp³-hybridized carbons (Fsp3) is 0.250. The van der Waals surface area contributed by atoms with Crippen LogP contribution in [0.3, 0.4) is 0 Å². The highest BCUT2D eigenvalue weighted by Gasteiger charge is 2.32. The van der Waals surface area contributed by atoms with Crippen LogP contribution in [-0.2, 0) is 0 Å². The molecule has 0 saturated carbocycles. The summed E-state index contributed by atoms with van der Waals surface area (Å²) >= 11 is 3.37. The zero-order valence-electron chi connectivity index (χ0n) is 13.2. The summed E-state index contributed by atoms with van der Waals surface area (Å²) in [6.45, 7) is 0. The molecule has 3 rings (SSSR count). The van der Waals surface area contributed by atoms with Crippen molar-refractivity contribution in [1.82, 2.24) is 0 Å². The first-order chi connectivity index (χ1) is 11.6. The minimum Gasteiger partial charge on any atom is -0.294 e. The number of unbranched alkanes of at least 4 members (excludes halogenated alkanes) is 2. The number of rotatable bonds is 6. The number of hydrogen-bond acceptors (Lipinski definition) is 3. The van der Waals surface area contributed by atoms with Crippen LogP contribution in [0.5, 0.6) is 0 Å². The normalized spacial score (nSPS) is 12.7. The summed E-state index contributed by atoms with van der Waals surface area (Å²) in [6, 6.07) is 11.8. The number of alkyl halides is 1. The van der Waals surface area contributed by atoms with E-state index in [-0.39, 0.29) is 22.9 Å². The topological polar surface area (TPSA) is 51.2 Å². The van der Waals surface area contributed by atoms with Crippen LogP contribution >= 0.6 is 15.9 Å². The predicted octanol–water partition coefficient (Wildman–Crippen LogP) is 4.60. The maximum absolute atomic E-state index is 12.8. The number of benzene rings is 2. The van der Waals surface area contributed by atoms with E-state index in [1.165, 1.54) is 0 Å². The molecular formula is C20H17BrO3. The van der Waals surface area contributed by atoms with Crippen LogP contribution in [0.4, 0.5) is 0 Å². The van der Waals surface area contributed by atoms with Crippen molar-refractivity contribution >= 4 is 33.3 Å². The van der Waals surface area contributed by atoms with Gasteiger partial charge in [-0.25, -0.2) is 0 Å². The summed E-state index contributed by atoms with van der Waals surface area (Å²) in [7, 11) is 0. The van der Waals surface area contributed by atoms with Crippen LogP contribution in [0.15, 0.2) is 42.5 Å². The molecule has 3 nitrogen and oxygen atoms in total. The Kier molecular flexibility index (Phi) is 5.05. The molecule has 0 radical (unpaired) electrons. The third kappa shape index (κ3) is 2.98. The van der Waals surface area contributed by atoms with Crippen molar-refractivity contribution in [3.05, 3.63) is 70.3 Å². The molecule has 0 spiro atoms. The van der Waals surface area contributed by atoms with Gasteiger partial charge in [0.1, 0.15) is 0 Å². The molecule has 4 heteroatoms. The van der Waals surface area contributed by atoms with E-state index in [0.717, 1.165) is 24.6 Å². The van der Waals surface area contributed by atoms with Gasteiger partial charge in [0.2, 0.25) is 0 Å². The number of ketones is 3. The fourth-order valence-corrected chi connectivity index (χ4v) is 3.47. The van der Waals surface area contributed by atoms with Crippen LogP contribution in [0, 0.1) is 0 Å². The summed E-state index contributed by atoms with van der Waals surface area (Å²) in [4.78, 5) is 38.1. The second-order valence-electron chi connectivity index (χ2n) is 5.85. The Labute approximate surface area is 149 Å². The first kappa shape index (κ1) is 16.8. The summed E-state index contributed by atoms with van der Waals surface area (Å²) in [5, 5.41) is 0.922. The monoisotopic (exact) mass is 384 g/mol. The molecule has 0 aliphatic heterocycles. The first-order valence-electron chi connectivity index (χ1n) is 8.05. The third-order valence-electron chi connectivity index (χ3n) is 4.29. The molecule has 0 amide bonds. The Balaban J connectivity index is 1.97. The van der Waals surface area contributed by atoms with E-state index in [1.54, 1.807) is 42.5 Å². The lowest BCUT2D eigenvalue weighted by molar-refractivity contribution is 0.0954. The van der Waals surface area contributed by atoms with Crippen LogP contribution in [0.25, 0.3) is 0 Å². The quantitative estimate of drug-likeness (QED) is 0.354. The van der Waals surface area contributed by atoms with E-state index in [0.29, 0.717) is 28.7 Å². The van der Waals surface area contributed by atoms with Gasteiger partial charge in [-0.15, -0.1) is 0 Å². The van der Waals surface area contributed by atoms with Gasteiger partial charge in [0.15, 0.2) is 17.3 Å². The van der Waals surface area contributed by atoms with E-state index < -0.39 is 0 Å². The van der Waals surface area contributed by atoms with Gasteiger partial charge in [-0.2, -0.15) is 0 Å². The van der Waals surface area contributed by atoms with Gasteiger partial charge in [0.05, 0.1) is 0 Å². The standard InChI is InChI=1S/C20H17BrO3/c21-12-5-1-2-11-17(22)15-9-6-10-16-18(15)20(24)14-8-4-3-7-13(14)19(16)23/h3-4,6-10H,1-2,5,11-12H2. The summed E-state index contributed by atoms with van der Waals surface area (Å²) in [5.74, 6) is -0.485. The van der Waals surface area contributed by atoms with Gasteiger partial charge >= 0.3 is 0 Å². The molecule has 0 bridgehead atoms. The zero-order chi connectivity index (χ0) is 17.1. The number of halogens is 1. The lowest BCUT2D eigenvalue weighted by Crippen LogP contribution is -2.23. The van der Waals surface area contributed by atoms with Gasteiger partial charge in [-0.1, -0.05) is 64.8 Å². The molecule has 1 aliphatic carbocycles. The minimum atomic E-state index is -0.232. The van der Waals surface area contributed by atoms with Gasteiger partial charge in [-0.3, -0.25) is 14.4 Å². The maximum Gasteiger partial charge on any atom is 0.195 e. The molecule has 24 heavy (non-hydrogen) atoms. The largest absolute Gasteiger partial charge is 0.294 e. The van der Waals surface area contributed by atoms with Gasteiger partial charge in [-0.05, 0) is 12.8 Å². The number of fused-ring (bicyclic) bond motifs is 2. The number of carbonyl (C=O) groups excluding carboxylic acids is 3. The van der Waals surface area contributed by atoms with E-state index in [4.69, 9.17) is 0 Å². The van der Waals surface area contributed by atoms with Crippen molar-refractivity contribution < 1.29 is 14.4 Å². The van der Waals surface area contributed by atoms with Crippen LogP contribution in [0.2, 0.25) is 0 Å². The molecule has 0 N–H and O–H groups in total. The Morgan fingerprint density at radius 1 is 0.792 bits per heavy atom. The Hall–Kier alpha value is -2.07. The van der Waals surface area contributed by atoms with Gasteiger partial charge in [0, 0.05) is 39.6 Å². The number of Topliss-reactive ketones (excluding diaryl/α,β-unsaturated/α-hetero) is 1. The molecule has 0 fully saturated rings. The zero-order valence-corrected chi connectivity index (χ0v) is 14.8. The van der Waals surface area contributed by atoms with Gasteiger partial charge in [0.25, 0.3) is 0 Å². The van der Waals surface area contributed by atoms with Crippen molar-refractivity contribution in [2.45, 2.75) is 25.7 Å². The molecule has 122 valence electrons. The summed E-state index contributed by atoms with van der Waals surface area (Å²) in [5.41, 5.74) is 1.78. The average molecular weight is 385 g/mol. The van der Waals surface area contributed by atoms with Crippen molar-refractivity contribution in [3.8, 4) is 0 Å². The summed E-state index contributed by atoms with van der Waals surface area (Å²) in [6.07, 6.45) is 3.16. The molecule has 0 unspecified atom stereocenters. The predicted molar refractivity (Wildman–Crippen MR) is 96.3 cm³/mol. The molecule has 0 atom stereocenters. The molecular weight excluding hydrogens is 368 g/mol. The smallest absolute Gasteiger partial charge is 0.195 e. The van der Waals surface area contributed by atoms with Crippen molar-refractivity contribution in [2.24, 2.45) is 0 Å². The highest BCUT2D eigenvalue weighted by molar-refractivity contribution is 9.09. The van der Waals surface area contributed by atoms with E-state index in [9.17, 15) is 14.4 Å². The lowest BCUT2D eigenvalue weighted by atomic mass is 9.80. The molecule has 0 aromatic heterocycles. The molecule has 0 saturated heterocycles. The number of carbonyl (C=O) groups is 3. The van der Waals surface area contributed by atoms with Crippen LogP contribution in [-0.4, -0.2) is 22.7 Å². The Bertz CT molecular complexity index is 823. The molecule has 2 aromatic carbocycles. The van der Waals surface area contributed by atoms with Crippen LogP contribution in [0.1, 0.15) is 67.9 Å². The molecule has 1 aliphatic rings. The second kappa shape index (κ2) is 7.22. The van der Waals surface area contributed by atoms with Crippen molar-refractivity contribution in [2.75, 3.05) is 5.33 Å². The summed E-state index contributed by atoms with van der Waals surface area (Å²) < 4.78 is 0. The Morgan fingerprint density at radius 3 is 2.17 bits per heavy atom. The van der Waals surface area contributed by atoms with Gasteiger partial charge < -0.3 is 0 Å². The first-order valence-corrected chi connectivity index (χ1v) is 9.18. The van der Waals surface area contributed by atoms with E-state index >= 15 is 0 Å². The van der Waals surface area contributed by atoms with Crippen molar-refractivity contribution in [1.29, 1.82) is 0 Å². The highest BCUT2D eigenvalue weighted by Crippen LogP contribution is 2.30. The average Bonchev–Trinajstić information content (AvgIpc) is 2.62. The van der Waals surface area contributed by atoms with E-state index in [2.05, 4.69) is 15.9 Å². The SMILES string of the molecule is O=C(CCCCCBr)c1cccc2c1C(=O)c1ccccc1C2=O. The molecule has 0 heterocycles.